The van der Waals surface area contributed by atoms with Gasteiger partial charge in [0.2, 0.25) is 0 Å². The van der Waals surface area contributed by atoms with E-state index < -0.39 is 17.7 Å². The Morgan fingerprint density at radius 1 is 0.952 bits per heavy atom. The molecule has 2 heterocycles. The van der Waals surface area contributed by atoms with Gasteiger partial charge in [0.1, 0.15) is 0 Å². The third kappa shape index (κ3) is 10.6. The zero-order chi connectivity index (χ0) is 30.4. The van der Waals surface area contributed by atoms with Crippen LogP contribution in [-0.4, -0.2) is 47.1 Å². The highest BCUT2D eigenvalue weighted by Crippen LogP contribution is 2.31. The smallest absolute Gasteiger partial charge is 0.416 e. The quantitative estimate of drug-likeness (QED) is 0.160. The first-order valence-corrected chi connectivity index (χ1v) is 15.7. The van der Waals surface area contributed by atoms with Crippen LogP contribution in [0, 0.1) is 0 Å². The number of hydrogen-bond acceptors (Lipinski definition) is 3. The number of carboxylic acid groups (broad SMARTS) is 1. The van der Waals surface area contributed by atoms with Crippen molar-refractivity contribution in [1.82, 2.24) is 15.2 Å². The number of carbonyl (C=O) groups is 1. The molecule has 0 aliphatic carbocycles. The second-order valence-corrected chi connectivity index (χ2v) is 11.5. The van der Waals surface area contributed by atoms with Gasteiger partial charge in [-0.25, -0.2) is 4.79 Å². The highest BCUT2D eigenvalue weighted by molar-refractivity contribution is 6.38. The molecule has 0 bridgehead atoms. The van der Waals surface area contributed by atoms with Gasteiger partial charge in [0.05, 0.1) is 16.1 Å². The van der Waals surface area contributed by atoms with E-state index in [1.54, 1.807) is 30.5 Å². The Morgan fingerprint density at radius 2 is 1.60 bits per heavy atom. The van der Waals surface area contributed by atoms with Gasteiger partial charge in [-0.2, -0.15) is 13.2 Å². The average Bonchev–Trinajstić information content (AvgIpc) is 3.47. The first-order chi connectivity index (χ1) is 20.2. The summed E-state index contributed by atoms with van der Waals surface area (Å²) in [5, 5.41) is 13.4. The van der Waals surface area contributed by atoms with Gasteiger partial charge >= 0.3 is 12.1 Å². The molecule has 1 aromatic heterocycles. The molecule has 42 heavy (non-hydrogen) atoms. The number of carboxylic acids is 1. The summed E-state index contributed by atoms with van der Waals surface area (Å²) in [5.41, 5.74) is 1.40. The van der Waals surface area contributed by atoms with Crippen molar-refractivity contribution < 1.29 is 23.1 Å². The van der Waals surface area contributed by atoms with Gasteiger partial charge in [-0.05, 0) is 74.8 Å². The van der Waals surface area contributed by atoms with E-state index in [0.29, 0.717) is 0 Å². The zero-order valence-corrected chi connectivity index (χ0v) is 25.4. The van der Waals surface area contributed by atoms with Gasteiger partial charge < -0.3 is 15.4 Å². The SMILES string of the molecule is CCCCCCCCCCNCC(c1ccc(C(F)(F)F)cc1)N1CCCCC1.O=C(O)c1ccc2[nH]ccc2c1Cl. The lowest BCUT2D eigenvalue weighted by Crippen LogP contribution is -2.39. The molecule has 232 valence electrons. The van der Waals surface area contributed by atoms with Crippen LogP contribution < -0.4 is 5.32 Å². The van der Waals surface area contributed by atoms with Crippen LogP contribution in [0.2, 0.25) is 5.02 Å². The molecule has 2 aromatic carbocycles. The maximum absolute atomic E-state index is 12.9. The van der Waals surface area contributed by atoms with Crippen LogP contribution >= 0.6 is 11.6 Å². The monoisotopic (exact) mass is 607 g/mol. The molecule has 5 nitrogen and oxygen atoms in total. The lowest BCUT2D eigenvalue weighted by atomic mass is 10.00. The summed E-state index contributed by atoms with van der Waals surface area (Å²) < 4.78 is 38.7. The number of H-pyrrole nitrogens is 1. The van der Waals surface area contributed by atoms with E-state index in [1.807, 2.05) is 0 Å². The largest absolute Gasteiger partial charge is 0.478 e. The van der Waals surface area contributed by atoms with Crippen molar-refractivity contribution in [3.05, 3.63) is 70.4 Å². The standard InChI is InChI=1S/C24H39F3N2.C9H6ClNO2/c1-2-3-4-5-6-7-8-10-17-28-20-23(29-18-11-9-12-19-29)21-13-15-22(16-14-21)24(25,26)27;10-8-5-3-4-11-7(5)2-1-6(8)9(12)13/h13-16,23,28H,2-12,17-20H2,1H3;1-4,11H,(H,12,13). The summed E-state index contributed by atoms with van der Waals surface area (Å²) in [7, 11) is 0. The summed E-state index contributed by atoms with van der Waals surface area (Å²) in [4.78, 5) is 16.1. The number of hydrogen-bond donors (Lipinski definition) is 3. The predicted octanol–water partition coefficient (Wildman–Crippen LogP) is 9.48. The van der Waals surface area contributed by atoms with Gasteiger partial charge in [0.25, 0.3) is 0 Å². The fourth-order valence-electron chi connectivity index (χ4n) is 5.47. The van der Waals surface area contributed by atoms with E-state index in [2.05, 4.69) is 22.1 Å². The van der Waals surface area contributed by atoms with E-state index >= 15 is 0 Å². The molecular formula is C33H45ClF3N3O2. The van der Waals surface area contributed by atoms with Crippen LogP contribution in [0.1, 0.15) is 105 Å². The molecule has 1 atom stereocenters. The van der Waals surface area contributed by atoms with Crippen molar-refractivity contribution in [1.29, 1.82) is 0 Å². The Kier molecular flexibility index (Phi) is 14.2. The summed E-state index contributed by atoms with van der Waals surface area (Å²) in [6.07, 6.45) is 11.5. The number of nitrogens with one attached hydrogen (secondary N) is 2. The van der Waals surface area contributed by atoms with Gasteiger partial charge in [0.15, 0.2) is 0 Å². The first-order valence-electron chi connectivity index (χ1n) is 15.3. The number of aromatic amines is 1. The molecule has 3 N–H and O–H groups in total. The number of halogens is 4. The van der Waals surface area contributed by atoms with Crippen molar-refractivity contribution in [2.75, 3.05) is 26.2 Å². The lowest BCUT2D eigenvalue weighted by molar-refractivity contribution is -0.137. The molecule has 0 spiro atoms. The van der Waals surface area contributed by atoms with E-state index in [-0.39, 0.29) is 16.6 Å². The summed E-state index contributed by atoms with van der Waals surface area (Å²) in [5.74, 6) is -1.01. The van der Waals surface area contributed by atoms with Gasteiger partial charge in [-0.1, -0.05) is 82.0 Å². The molecule has 1 aliphatic rings. The number of benzene rings is 2. The van der Waals surface area contributed by atoms with Gasteiger partial charge in [-0.15, -0.1) is 0 Å². The van der Waals surface area contributed by atoms with Crippen molar-refractivity contribution in [2.45, 2.75) is 89.8 Å². The minimum absolute atomic E-state index is 0.133. The average molecular weight is 608 g/mol. The molecule has 3 aromatic rings. The minimum Gasteiger partial charge on any atom is -0.478 e. The van der Waals surface area contributed by atoms with Crippen LogP contribution in [0.5, 0.6) is 0 Å². The zero-order valence-electron chi connectivity index (χ0n) is 24.6. The molecule has 1 saturated heterocycles. The molecule has 1 unspecified atom stereocenters. The van der Waals surface area contributed by atoms with Crippen LogP contribution in [0.15, 0.2) is 48.7 Å². The molecule has 1 aliphatic heterocycles. The van der Waals surface area contributed by atoms with Gasteiger partial charge in [-0.3, -0.25) is 4.90 Å². The van der Waals surface area contributed by atoms with Crippen LogP contribution in [0.25, 0.3) is 10.9 Å². The normalized spacial score (nSPS) is 14.9. The highest BCUT2D eigenvalue weighted by Gasteiger charge is 2.31. The molecule has 9 heteroatoms. The molecule has 4 rings (SSSR count). The fraction of sp³-hybridized carbons (Fsp3) is 0.545. The van der Waals surface area contributed by atoms with E-state index in [4.69, 9.17) is 16.7 Å². The van der Waals surface area contributed by atoms with Gasteiger partial charge in [0, 0.05) is 29.7 Å². The third-order valence-electron chi connectivity index (χ3n) is 7.90. The highest BCUT2D eigenvalue weighted by atomic mass is 35.5. The predicted molar refractivity (Wildman–Crippen MR) is 165 cm³/mol. The Balaban J connectivity index is 0.000000307. The second-order valence-electron chi connectivity index (χ2n) is 11.1. The number of aromatic nitrogens is 1. The Labute approximate surface area is 252 Å². The number of piperidine rings is 1. The number of aromatic carboxylic acids is 1. The second kappa shape index (κ2) is 17.5. The number of unbranched alkanes of at least 4 members (excludes halogenated alkanes) is 7. The Hall–Kier alpha value is -2.55. The van der Waals surface area contributed by atoms with Crippen LogP contribution in [0.4, 0.5) is 13.2 Å². The fourth-order valence-corrected chi connectivity index (χ4v) is 5.78. The molecule has 1 fully saturated rings. The third-order valence-corrected chi connectivity index (χ3v) is 8.31. The maximum Gasteiger partial charge on any atom is 0.416 e. The Bertz CT molecular complexity index is 1210. The number of likely N-dealkylation sites (tertiary alicyclic amines) is 1. The van der Waals surface area contributed by atoms with E-state index in [1.165, 1.54) is 88.8 Å². The molecule has 0 saturated carbocycles. The van der Waals surface area contributed by atoms with E-state index in [0.717, 1.165) is 42.6 Å². The number of fused-ring (bicyclic) bond motifs is 1. The summed E-state index contributed by atoms with van der Waals surface area (Å²) >= 11 is 5.88. The maximum atomic E-state index is 12.9. The van der Waals surface area contributed by atoms with Crippen molar-refractivity contribution in [3.63, 3.8) is 0 Å². The lowest BCUT2D eigenvalue weighted by Gasteiger charge is -2.35. The summed E-state index contributed by atoms with van der Waals surface area (Å²) in [6, 6.07) is 10.9. The number of rotatable bonds is 14. The molecule has 0 amide bonds. The van der Waals surface area contributed by atoms with Crippen LogP contribution in [-0.2, 0) is 6.18 Å². The minimum atomic E-state index is -4.27. The number of alkyl halides is 3. The van der Waals surface area contributed by atoms with E-state index in [9.17, 15) is 18.0 Å². The van der Waals surface area contributed by atoms with Crippen LogP contribution in [0.3, 0.4) is 0 Å². The topological polar surface area (TPSA) is 68.4 Å². The number of nitrogens with zero attached hydrogens (tertiary/aromatic N) is 1. The first kappa shape index (κ1) is 33.9. The molecular weight excluding hydrogens is 563 g/mol. The summed E-state index contributed by atoms with van der Waals surface area (Å²) in [6.45, 7) is 6.10. The molecule has 0 radical (unpaired) electrons. The van der Waals surface area contributed by atoms with Crippen molar-refractivity contribution in [2.24, 2.45) is 0 Å². The van der Waals surface area contributed by atoms with Crippen molar-refractivity contribution >= 4 is 28.5 Å². The van der Waals surface area contributed by atoms with Crippen molar-refractivity contribution in [3.8, 4) is 0 Å². The Morgan fingerprint density at radius 3 is 2.21 bits per heavy atom.